The Hall–Kier alpha value is -2.57. The van der Waals surface area contributed by atoms with Crippen molar-refractivity contribution in [1.29, 1.82) is 0 Å². The zero-order valence-electron chi connectivity index (χ0n) is 17.5. The van der Waals surface area contributed by atoms with E-state index in [1.54, 1.807) is 36.2 Å². The number of hydrogen-bond acceptors (Lipinski definition) is 4. The van der Waals surface area contributed by atoms with Crippen molar-refractivity contribution in [1.82, 2.24) is 4.90 Å². The topological polar surface area (TPSA) is 64.7 Å². The van der Waals surface area contributed by atoms with Crippen LogP contribution in [0, 0.1) is 5.92 Å². The maximum Gasteiger partial charge on any atom is 0.238 e. The van der Waals surface area contributed by atoms with E-state index >= 15 is 0 Å². The van der Waals surface area contributed by atoms with Gasteiger partial charge in [-0.3, -0.25) is 14.5 Å². The van der Waals surface area contributed by atoms with Crippen molar-refractivity contribution in [3.05, 3.63) is 53.6 Å². The highest BCUT2D eigenvalue weighted by atomic mass is 35.5. The monoisotopic (exact) mass is 428 g/mol. The highest BCUT2D eigenvalue weighted by Crippen LogP contribution is 2.24. The van der Waals surface area contributed by atoms with E-state index in [1.165, 1.54) is 18.5 Å². The van der Waals surface area contributed by atoms with E-state index in [4.69, 9.17) is 11.6 Å². The summed E-state index contributed by atoms with van der Waals surface area (Å²) in [6, 6.07) is 15.0. The summed E-state index contributed by atoms with van der Waals surface area (Å²) in [5, 5.41) is 6.13. The Bertz CT molecular complexity index is 864. The third-order valence-electron chi connectivity index (χ3n) is 5.27. The minimum Gasteiger partial charge on any atom is -0.372 e. The van der Waals surface area contributed by atoms with Gasteiger partial charge in [0, 0.05) is 24.5 Å². The molecule has 1 aliphatic rings. The molecule has 3 rings (SSSR count). The minimum absolute atomic E-state index is 0.0883. The molecule has 7 heteroatoms. The molecular weight excluding hydrogens is 400 g/mol. The van der Waals surface area contributed by atoms with Crippen LogP contribution in [0.4, 0.5) is 17.1 Å². The van der Waals surface area contributed by atoms with Crippen molar-refractivity contribution in [2.45, 2.75) is 19.8 Å². The predicted octanol–water partition coefficient (Wildman–Crippen LogP) is 4.09. The number of hydrogen-bond donors (Lipinski definition) is 2. The number of piperidine rings is 1. The molecule has 2 N–H and O–H groups in total. The molecule has 2 aromatic carbocycles. The molecule has 0 aliphatic carbocycles. The molecule has 0 unspecified atom stereocenters. The predicted molar refractivity (Wildman–Crippen MR) is 123 cm³/mol. The Labute approximate surface area is 183 Å². The van der Waals surface area contributed by atoms with Gasteiger partial charge in [0.05, 0.1) is 23.8 Å². The van der Waals surface area contributed by atoms with Crippen LogP contribution < -0.4 is 15.5 Å². The number of para-hydroxylation sites is 1. The van der Waals surface area contributed by atoms with Gasteiger partial charge >= 0.3 is 0 Å². The number of rotatable bonds is 7. The number of anilines is 3. The first-order valence-electron chi connectivity index (χ1n) is 10.3. The maximum absolute atomic E-state index is 12.3. The van der Waals surface area contributed by atoms with Gasteiger partial charge in [0.15, 0.2) is 0 Å². The van der Waals surface area contributed by atoms with Crippen LogP contribution in [0.2, 0.25) is 5.02 Å². The van der Waals surface area contributed by atoms with E-state index in [0.717, 1.165) is 24.7 Å². The lowest BCUT2D eigenvalue weighted by Gasteiger charge is -2.32. The Kier molecular flexibility index (Phi) is 7.71. The van der Waals surface area contributed by atoms with Crippen LogP contribution in [0.1, 0.15) is 19.8 Å². The largest absolute Gasteiger partial charge is 0.372 e. The van der Waals surface area contributed by atoms with Crippen LogP contribution in [-0.4, -0.2) is 49.9 Å². The van der Waals surface area contributed by atoms with Gasteiger partial charge in [-0.25, -0.2) is 0 Å². The third-order valence-corrected chi connectivity index (χ3v) is 5.60. The van der Waals surface area contributed by atoms with Crippen molar-refractivity contribution in [3.63, 3.8) is 0 Å². The molecule has 2 amide bonds. The molecule has 0 saturated carbocycles. The maximum atomic E-state index is 12.3. The smallest absolute Gasteiger partial charge is 0.238 e. The Morgan fingerprint density at radius 1 is 1.00 bits per heavy atom. The van der Waals surface area contributed by atoms with Crippen molar-refractivity contribution in [2.24, 2.45) is 5.92 Å². The number of nitrogens with zero attached hydrogens (tertiary/aromatic N) is 2. The second-order valence-corrected chi connectivity index (χ2v) is 8.37. The number of carbonyl (C=O) groups is 2. The van der Waals surface area contributed by atoms with E-state index in [9.17, 15) is 9.59 Å². The summed E-state index contributed by atoms with van der Waals surface area (Å²) >= 11 is 6.05. The molecule has 1 heterocycles. The minimum atomic E-state index is -0.224. The lowest BCUT2D eigenvalue weighted by Crippen LogP contribution is -2.36. The molecule has 0 spiro atoms. The summed E-state index contributed by atoms with van der Waals surface area (Å²) in [5.41, 5.74) is 2.50. The van der Waals surface area contributed by atoms with Crippen LogP contribution in [-0.2, 0) is 9.59 Å². The summed E-state index contributed by atoms with van der Waals surface area (Å²) in [6.07, 6.45) is 2.43. The highest BCUT2D eigenvalue weighted by molar-refractivity contribution is 6.33. The van der Waals surface area contributed by atoms with Gasteiger partial charge in [0.1, 0.15) is 0 Å². The number of halogens is 1. The fourth-order valence-electron chi connectivity index (χ4n) is 3.52. The second kappa shape index (κ2) is 10.5. The average Bonchev–Trinajstić information content (AvgIpc) is 2.70. The van der Waals surface area contributed by atoms with Gasteiger partial charge in [-0.1, -0.05) is 30.7 Å². The summed E-state index contributed by atoms with van der Waals surface area (Å²) in [4.78, 5) is 28.5. The fraction of sp³-hybridized carbons (Fsp3) is 0.391. The second-order valence-electron chi connectivity index (χ2n) is 7.96. The van der Waals surface area contributed by atoms with Gasteiger partial charge in [-0.2, -0.15) is 0 Å². The van der Waals surface area contributed by atoms with Gasteiger partial charge in [-0.05, 0) is 62.2 Å². The lowest BCUT2D eigenvalue weighted by atomic mass is 9.99. The molecule has 2 aromatic rings. The Balaban J connectivity index is 1.44. The number of likely N-dealkylation sites (N-methyl/N-ethyl adjacent to an activating group) is 1. The van der Waals surface area contributed by atoms with Crippen molar-refractivity contribution < 1.29 is 9.59 Å². The first-order valence-corrected chi connectivity index (χ1v) is 10.7. The quantitative estimate of drug-likeness (QED) is 0.697. The standard InChI is InChI=1S/C23H29ClN4O2/c1-17-11-13-28(14-12-17)19-9-7-18(8-10-19)25-22(29)15-27(2)16-23(30)26-21-6-4-3-5-20(21)24/h3-10,17H,11-16H2,1-2H3,(H,25,29)(H,26,30). The average molecular weight is 429 g/mol. The number of amides is 2. The Morgan fingerprint density at radius 2 is 1.60 bits per heavy atom. The molecule has 1 saturated heterocycles. The zero-order chi connectivity index (χ0) is 21.5. The fourth-order valence-corrected chi connectivity index (χ4v) is 3.70. The lowest BCUT2D eigenvalue weighted by molar-refractivity contribution is -0.119. The molecule has 0 radical (unpaired) electrons. The normalized spacial score (nSPS) is 14.6. The molecule has 30 heavy (non-hydrogen) atoms. The summed E-state index contributed by atoms with van der Waals surface area (Å²) < 4.78 is 0. The SMILES string of the molecule is CC1CCN(c2ccc(NC(=O)CN(C)CC(=O)Nc3ccccc3Cl)cc2)CC1. The van der Waals surface area contributed by atoms with Crippen LogP contribution in [0.5, 0.6) is 0 Å². The Morgan fingerprint density at radius 3 is 2.23 bits per heavy atom. The zero-order valence-corrected chi connectivity index (χ0v) is 18.3. The number of benzene rings is 2. The molecule has 6 nitrogen and oxygen atoms in total. The summed E-state index contributed by atoms with van der Waals surface area (Å²) in [7, 11) is 1.73. The molecular formula is C23H29ClN4O2. The summed E-state index contributed by atoms with van der Waals surface area (Å²) in [6.45, 7) is 4.65. The van der Waals surface area contributed by atoms with E-state index in [1.807, 2.05) is 24.3 Å². The molecule has 0 aromatic heterocycles. The van der Waals surface area contributed by atoms with Gasteiger partial charge in [0.2, 0.25) is 11.8 Å². The first kappa shape index (κ1) is 22.1. The summed E-state index contributed by atoms with van der Waals surface area (Å²) in [5.74, 6) is 0.407. The van der Waals surface area contributed by atoms with E-state index in [2.05, 4.69) is 22.5 Å². The van der Waals surface area contributed by atoms with Crippen LogP contribution in [0.3, 0.4) is 0 Å². The molecule has 1 aliphatic heterocycles. The van der Waals surface area contributed by atoms with Crippen LogP contribution >= 0.6 is 11.6 Å². The van der Waals surface area contributed by atoms with E-state index in [-0.39, 0.29) is 24.9 Å². The van der Waals surface area contributed by atoms with Gasteiger partial charge in [-0.15, -0.1) is 0 Å². The highest BCUT2D eigenvalue weighted by Gasteiger charge is 2.16. The molecule has 0 atom stereocenters. The molecule has 1 fully saturated rings. The third kappa shape index (κ3) is 6.47. The molecule has 160 valence electrons. The van der Waals surface area contributed by atoms with E-state index < -0.39 is 0 Å². The van der Waals surface area contributed by atoms with Gasteiger partial charge < -0.3 is 15.5 Å². The van der Waals surface area contributed by atoms with Crippen molar-refractivity contribution >= 4 is 40.5 Å². The first-order chi connectivity index (χ1) is 14.4. The van der Waals surface area contributed by atoms with Crippen LogP contribution in [0.15, 0.2) is 48.5 Å². The molecule has 0 bridgehead atoms. The van der Waals surface area contributed by atoms with Gasteiger partial charge in [0.25, 0.3) is 0 Å². The van der Waals surface area contributed by atoms with Crippen molar-refractivity contribution in [2.75, 3.05) is 48.8 Å². The van der Waals surface area contributed by atoms with E-state index in [0.29, 0.717) is 10.7 Å². The van der Waals surface area contributed by atoms with Crippen LogP contribution in [0.25, 0.3) is 0 Å². The number of carbonyl (C=O) groups excluding carboxylic acids is 2. The number of nitrogens with one attached hydrogen (secondary N) is 2. The van der Waals surface area contributed by atoms with Crippen molar-refractivity contribution in [3.8, 4) is 0 Å².